The quantitative estimate of drug-likeness (QED) is 0.340. The molecule has 8 heteroatoms. The highest BCUT2D eigenvalue weighted by atomic mass is 32.2. The van der Waals surface area contributed by atoms with Gasteiger partial charge in [0.25, 0.3) is 0 Å². The Morgan fingerprint density at radius 1 is 0.853 bits per heavy atom. The fourth-order valence-corrected chi connectivity index (χ4v) is 4.40. The number of carbonyl (C=O) groups excluding carboxylic acids is 1. The predicted octanol–water partition coefficient (Wildman–Crippen LogP) is 4.53. The van der Waals surface area contributed by atoms with Crippen LogP contribution < -0.4 is 5.32 Å². The lowest BCUT2D eigenvalue weighted by molar-refractivity contribution is -0.118. The molecule has 0 fully saturated rings. The smallest absolute Gasteiger partial charge is 0.230 e. The van der Waals surface area contributed by atoms with Crippen molar-refractivity contribution in [1.82, 2.24) is 29.9 Å². The first-order valence-corrected chi connectivity index (χ1v) is 11.8. The molecule has 0 saturated heterocycles. The predicted molar refractivity (Wildman–Crippen MR) is 133 cm³/mol. The largest absolute Gasteiger partial charge is 0.351 e. The van der Waals surface area contributed by atoms with Crippen molar-refractivity contribution >= 4 is 17.7 Å². The van der Waals surface area contributed by atoms with Gasteiger partial charge in [0.05, 0.1) is 11.4 Å². The molecule has 2 aromatic heterocycles. The SMILES string of the molecule is O=C(CSc1nnc(-c2ccccc2)n1-c1ccccc1)NCc1ccccc1-n1cccn1. The zero-order valence-corrected chi connectivity index (χ0v) is 19.1. The third-order valence-corrected chi connectivity index (χ3v) is 6.16. The van der Waals surface area contributed by atoms with Crippen LogP contribution in [-0.4, -0.2) is 36.2 Å². The van der Waals surface area contributed by atoms with Gasteiger partial charge in [0.1, 0.15) is 0 Å². The number of thioether (sulfide) groups is 1. The second kappa shape index (κ2) is 10.2. The number of hydrogen-bond donors (Lipinski definition) is 1. The molecule has 0 unspecified atom stereocenters. The van der Waals surface area contributed by atoms with Gasteiger partial charge in [-0.2, -0.15) is 5.10 Å². The van der Waals surface area contributed by atoms with Gasteiger partial charge in [-0.15, -0.1) is 10.2 Å². The number of aromatic nitrogens is 5. The fraction of sp³-hybridized carbons (Fsp3) is 0.0769. The molecule has 2 heterocycles. The molecule has 1 amide bonds. The number of benzene rings is 3. The number of carbonyl (C=O) groups is 1. The lowest BCUT2D eigenvalue weighted by atomic mass is 10.2. The molecule has 168 valence electrons. The molecule has 1 N–H and O–H groups in total. The van der Waals surface area contributed by atoms with Crippen molar-refractivity contribution in [2.24, 2.45) is 0 Å². The average molecular weight is 467 g/mol. The Balaban J connectivity index is 1.31. The standard InChI is InChI=1S/C26H22N6OS/c33-24(27-18-21-12-7-8-15-23(21)31-17-9-16-28-31)19-34-26-30-29-25(20-10-3-1-4-11-20)32(26)22-13-5-2-6-14-22/h1-17H,18-19H2,(H,27,33). The third-order valence-electron chi connectivity index (χ3n) is 5.23. The van der Waals surface area contributed by atoms with Crippen LogP contribution in [0.5, 0.6) is 0 Å². The molecule has 7 nitrogen and oxygen atoms in total. The Morgan fingerprint density at radius 2 is 1.59 bits per heavy atom. The molecule has 5 aromatic rings. The zero-order valence-electron chi connectivity index (χ0n) is 18.3. The Bertz CT molecular complexity index is 1370. The van der Waals surface area contributed by atoms with Crippen molar-refractivity contribution in [2.75, 3.05) is 5.75 Å². The maximum atomic E-state index is 12.7. The normalized spacial score (nSPS) is 10.8. The van der Waals surface area contributed by atoms with E-state index in [2.05, 4.69) is 20.6 Å². The monoisotopic (exact) mass is 466 g/mol. The van der Waals surface area contributed by atoms with Crippen LogP contribution in [0.15, 0.2) is 109 Å². The molecule has 0 saturated carbocycles. The first-order valence-electron chi connectivity index (χ1n) is 10.8. The first-order chi connectivity index (χ1) is 16.8. The molecule has 0 aliphatic rings. The number of amides is 1. The molecule has 0 bridgehead atoms. The summed E-state index contributed by atoms with van der Waals surface area (Å²) in [5.74, 6) is 0.885. The first kappa shape index (κ1) is 21.7. The van der Waals surface area contributed by atoms with Crippen LogP contribution in [0, 0.1) is 0 Å². The van der Waals surface area contributed by atoms with E-state index in [9.17, 15) is 4.79 Å². The number of hydrogen-bond acceptors (Lipinski definition) is 5. The average Bonchev–Trinajstić information content (AvgIpc) is 3.58. The van der Waals surface area contributed by atoms with Crippen LogP contribution in [0.25, 0.3) is 22.8 Å². The van der Waals surface area contributed by atoms with Gasteiger partial charge in [0.2, 0.25) is 5.91 Å². The lowest BCUT2D eigenvalue weighted by Crippen LogP contribution is -2.25. The van der Waals surface area contributed by atoms with E-state index in [0.29, 0.717) is 11.7 Å². The minimum absolute atomic E-state index is 0.0795. The van der Waals surface area contributed by atoms with E-state index in [1.165, 1.54) is 11.8 Å². The van der Waals surface area contributed by atoms with Crippen LogP contribution in [-0.2, 0) is 11.3 Å². The highest BCUT2D eigenvalue weighted by molar-refractivity contribution is 7.99. The summed E-state index contributed by atoms with van der Waals surface area (Å²) in [6.07, 6.45) is 3.62. The molecular formula is C26H22N6OS. The van der Waals surface area contributed by atoms with Crippen LogP contribution in [0.4, 0.5) is 0 Å². The topological polar surface area (TPSA) is 77.6 Å². The van der Waals surface area contributed by atoms with E-state index in [-0.39, 0.29) is 11.7 Å². The third kappa shape index (κ3) is 4.77. The summed E-state index contributed by atoms with van der Waals surface area (Å²) in [7, 11) is 0. The van der Waals surface area contributed by atoms with Crippen LogP contribution in [0.1, 0.15) is 5.56 Å². The molecule has 0 radical (unpaired) electrons. The summed E-state index contributed by atoms with van der Waals surface area (Å²) in [6, 6.07) is 29.6. The van der Waals surface area contributed by atoms with Crippen LogP contribution in [0.3, 0.4) is 0 Å². The Morgan fingerprint density at radius 3 is 2.35 bits per heavy atom. The molecule has 0 aliphatic carbocycles. The Hall–Kier alpha value is -4.17. The fourth-order valence-electron chi connectivity index (χ4n) is 3.62. The molecule has 5 rings (SSSR count). The van der Waals surface area contributed by atoms with Gasteiger partial charge in [-0.3, -0.25) is 9.36 Å². The lowest BCUT2D eigenvalue weighted by Gasteiger charge is -2.12. The summed E-state index contributed by atoms with van der Waals surface area (Å²) < 4.78 is 3.78. The molecule has 3 aromatic carbocycles. The maximum Gasteiger partial charge on any atom is 0.230 e. The highest BCUT2D eigenvalue weighted by Gasteiger charge is 2.17. The van der Waals surface area contributed by atoms with Gasteiger partial charge < -0.3 is 5.32 Å². The van der Waals surface area contributed by atoms with Crippen molar-refractivity contribution in [3.05, 3.63) is 109 Å². The Labute approximate surface area is 201 Å². The second-order valence-corrected chi connectivity index (χ2v) is 8.43. The minimum Gasteiger partial charge on any atom is -0.351 e. The van der Waals surface area contributed by atoms with E-state index >= 15 is 0 Å². The Kier molecular flexibility index (Phi) is 6.49. The number of rotatable bonds is 8. The maximum absolute atomic E-state index is 12.7. The minimum atomic E-state index is -0.0795. The van der Waals surface area contributed by atoms with Gasteiger partial charge in [0, 0.05) is 30.2 Å². The van der Waals surface area contributed by atoms with E-state index in [0.717, 1.165) is 28.3 Å². The van der Waals surface area contributed by atoms with Gasteiger partial charge in [-0.25, -0.2) is 4.68 Å². The van der Waals surface area contributed by atoms with Crippen molar-refractivity contribution < 1.29 is 4.79 Å². The van der Waals surface area contributed by atoms with Crippen LogP contribution >= 0.6 is 11.8 Å². The highest BCUT2D eigenvalue weighted by Crippen LogP contribution is 2.27. The van der Waals surface area contributed by atoms with Crippen LogP contribution in [0.2, 0.25) is 0 Å². The number of nitrogens with zero attached hydrogens (tertiary/aromatic N) is 5. The van der Waals surface area contributed by atoms with Crippen molar-refractivity contribution in [1.29, 1.82) is 0 Å². The van der Waals surface area contributed by atoms with Crippen molar-refractivity contribution in [3.8, 4) is 22.8 Å². The number of para-hydroxylation sites is 2. The van der Waals surface area contributed by atoms with E-state index in [4.69, 9.17) is 0 Å². The second-order valence-electron chi connectivity index (χ2n) is 7.49. The van der Waals surface area contributed by atoms with Crippen molar-refractivity contribution in [2.45, 2.75) is 11.7 Å². The van der Waals surface area contributed by atoms with Gasteiger partial charge >= 0.3 is 0 Å². The molecular weight excluding hydrogens is 444 g/mol. The molecule has 0 aliphatic heterocycles. The van der Waals surface area contributed by atoms with E-state index in [1.807, 2.05) is 102 Å². The molecule has 34 heavy (non-hydrogen) atoms. The summed E-state index contributed by atoms with van der Waals surface area (Å²) in [5.41, 5.74) is 3.84. The summed E-state index contributed by atoms with van der Waals surface area (Å²) in [5, 5.41) is 16.8. The summed E-state index contributed by atoms with van der Waals surface area (Å²) >= 11 is 1.36. The molecule has 0 atom stereocenters. The summed E-state index contributed by atoms with van der Waals surface area (Å²) in [4.78, 5) is 12.7. The van der Waals surface area contributed by atoms with Crippen molar-refractivity contribution in [3.63, 3.8) is 0 Å². The van der Waals surface area contributed by atoms with E-state index < -0.39 is 0 Å². The van der Waals surface area contributed by atoms with Gasteiger partial charge in [-0.05, 0) is 29.8 Å². The summed E-state index contributed by atoms with van der Waals surface area (Å²) in [6.45, 7) is 0.413. The van der Waals surface area contributed by atoms with E-state index in [1.54, 1.807) is 10.9 Å². The zero-order chi connectivity index (χ0) is 23.2. The van der Waals surface area contributed by atoms with Gasteiger partial charge in [0.15, 0.2) is 11.0 Å². The number of nitrogens with one attached hydrogen (secondary N) is 1. The molecule has 0 spiro atoms. The van der Waals surface area contributed by atoms with Gasteiger partial charge in [-0.1, -0.05) is 78.5 Å².